The number of aryl methyl sites for hydroxylation is 1. The smallest absolute Gasteiger partial charge is 0.394 e. The molecule has 13 heteroatoms. The molecule has 1 fully saturated rings. The highest BCUT2D eigenvalue weighted by Gasteiger charge is 2.36. The van der Waals surface area contributed by atoms with Crippen LogP contribution in [0.5, 0.6) is 0 Å². The van der Waals surface area contributed by atoms with Crippen LogP contribution in [0.2, 0.25) is 5.02 Å². The average Bonchev–Trinajstić information content (AvgIpc) is 3.12. The Bertz CT molecular complexity index is 1120. The van der Waals surface area contributed by atoms with E-state index >= 15 is 0 Å². The molecule has 174 valence electrons. The number of aromatic amines is 1. The summed E-state index contributed by atoms with van der Waals surface area (Å²) in [7, 11) is 0. The Hall–Kier alpha value is -2.41. The van der Waals surface area contributed by atoms with Gasteiger partial charge in [0.1, 0.15) is 6.23 Å². The van der Waals surface area contributed by atoms with Gasteiger partial charge in [-0.25, -0.2) is 4.79 Å². The van der Waals surface area contributed by atoms with Crippen molar-refractivity contribution in [1.82, 2.24) is 14.9 Å². The molecule has 32 heavy (non-hydrogen) atoms. The molecule has 4 N–H and O–H groups in total. The van der Waals surface area contributed by atoms with E-state index in [1.807, 2.05) is 0 Å². The first-order valence-electron chi connectivity index (χ1n) is 9.49. The van der Waals surface area contributed by atoms with Crippen molar-refractivity contribution in [3.05, 3.63) is 61.4 Å². The number of halogens is 4. The summed E-state index contributed by atoms with van der Waals surface area (Å²) in [6.45, 7) is 1.47. The first-order valence-corrected chi connectivity index (χ1v) is 10.3. The van der Waals surface area contributed by atoms with Crippen molar-refractivity contribution in [3.8, 4) is 0 Å². The fourth-order valence-electron chi connectivity index (χ4n) is 3.38. The van der Waals surface area contributed by atoms with E-state index in [1.165, 1.54) is 16.8 Å². The molecule has 1 aromatic heterocycles. The Kier molecular flexibility index (Phi) is 7.28. The van der Waals surface area contributed by atoms with E-state index in [0.717, 1.165) is 12.1 Å². The first kappa shape index (κ1) is 24.2. The first-order chi connectivity index (χ1) is 15.0. The second kappa shape index (κ2) is 9.61. The quantitative estimate of drug-likeness (QED) is 0.475. The van der Waals surface area contributed by atoms with E-state index in [0.29, 0.717) is 12.0 Å². The van der Waals surface area contributed by atoms with E-state index in [2.05, 4.69) is 15.6 Å². The molecule has 0 radical (unpaired) electrons. The Morgan fingerprint density at radius 3 is 2.78 bits per heavy atom. The lowest BCUT2D eigenvalue weighted by Crippen LogP contribution is -2.36. The van der Waals surface area contributed by atoms with Gasteiger partial charge in [0.25, 0.3) is 5.56 Å². The summed E-state index contributed by atoms with van der Waals surface area (Å²) in [6.07, 6.45) is -4.19. The van der Waals surface area contributed by atoms with Gasteiger partial charge in [-0.2, -0.15) is 13.2 Å². The minimum Gasteiger partial charge on any atom is -0.394 e. The summed E-state index contributed by atoms with van der Waals surface area (Å²) in [5.74, 6) is -0.264. The number of thiocarbonyl (C=S) groups is 1. The molecular weight excluding hydrogens is 473 g/mol. The second-order valence-corrected chi connectivity index (χ2v) is 8.13. The molecule has 0 spiro atoms. The van der Waals surface area contributed by atoms with E-state index < -0.39 is 40.3 Å². The summed E-state index contributed by atoms with van der Waals surface area (Å²) >= 11 is 10.8. The maximum Gasteiger partial charge on any atom is 0.417 e. The van der Waals surface area contributed by atoms with Crippen molar-refractivity contribution in [2.45, 2.75) is 31.9 Å². The van der Waals surface area contributed by atoms with E-state index in [-0.39, 0.29) is 29.9 Å². The van der Waals surface area contributed by atoms with Gasteiger partial charge < -0.3 is 20.5 Å². The number of aliphatic hydroxyl groups excluding tert-OH is 1. The average molecular weight is 493 g/mol. The van der Waals surface area contributed by atoms with Crippen molar-refractivity contribution in [3.63, 3.8) is 0 Å². The number of aromatic nitrogens is 2. The lowest BCUT2D eigenvalue weighted by Gasteiger charge is -2.18. The standard InChI is InChI=1S/C19H20ClF3N4O4S/c1-9-7-27(18(30)26-16(9)29)15-4-10(14(8-28)31-15)6-24-17(32)25-11-2-3-13(20)12(5-11)19(21,22)23/h2-3,5,7,10,14-15,28H,4,6,8H2,1H3,(H2,24,25,32)(H,26,29,30)/t10-,14-,15-/m1/s1. The number of aliphatic hydroxyl groups is 1. The number of benzene rings is 1. The molecule has 2 heterocycles. The third-order valence-corrected chi connectivity index (χ3v) is 5.63. The molecule has 2 aromatic rings. The Balaban J connectivity index is 1.64. The van der Waals surface area contributed by atoms with Gasteiger partial charge in [0, 0.05) is 29.9 Å². The van der Waals surface area contributed by atoms with Crippen LogP contribution >= 0.6 is 23.8 Å². The zero-order valence-corrected chi connectivity index (χ0v) is 18.3. The molecule has 0 amide bonds. The highest BCUT2D eigenvalue weighted by molar-refractivity contribution is 7.80. The molecule has 1 aromatic carbocycles. The minimum absolute atomic E-state index is 0.0673. The predicted molar refractivity (Wildman–Crippen MR) is 116 cm³/mol. The van der Waals surface area contributed by atoms with Crippen LogP contribution < -0.4 is 21.9 Å². The Morgan fingerprint density at radius 2 is 2.12 bits per heavy atom. The van der Waals surface area contributed by atoms with Gasteiger partial charge in [0.05, 0.1) is 23.3 Å². The molecule has 1 saturated heterocycles. The Labute approximate surface area is 190 Å². The molecular formula is C19H20ClF3N4O4S. The molecule has 1 aliphatic rings. The van der Waals surface area contributed by atoms with Crippen LogP contribution in [0.3, 0.4) is 0 Å². The van der Waals surface area contributed by atoms with Crippen LogP contribution in [0.4, 0.5) is 18.9 Å². The van der Waals surface area contributed by atoms with Crippen LogP contribution in [0.25, 0.3) is 0 Å². The number of nitrogens with zero attached hydrogens (tertiary/aromatic N) is 1. The monoisotopic (exact) mass is 492 g/mol. The fraction of sp³-hybridized carbons (Fsp3) is 0.421. The number of hydrogen-bond acceptors (Lipinski definition) is 5. The van der Waals surface area contributed by atoms with Gasteiger partial charge >= 0.3 is 11.9 Å². The van der Waals surface area contributed by atoms with Gasteiger partial charge in [0.15, 0.2) is 5.11 Å². The second-order valence-electron chi connectivity index (χ2n) is 7.31. The summed E-state index contributed by atoms with van der Waals surface area (Å²) in [5, 5.41) is 14.8. The highest BCUT2D eigenvalue weighted by atomic mass is 35.5. The molecule has 3 atom stereocenters. The van der Waals surface area contributed by atoms with Crippen molar-refractivity contribution in [2.24, 2.45) is 5.92 Å². The molecule has 1 aliphatic heterocycles. The van der Waals surface area contributed by atoms with Crippen LogP contribution in [-0.4, -0.2) is 39.0 Å². The van der Waals surface area contributed by atoms with E-state index in [9.17, 15) is 27.9 Å². The lowest BCUT2D eigenvalue weighted by atomic mass is 10.0. The van der Waals surface area contributed by atoms with Gasteiger partial charge in [-0.05, 0) is 43.8 Å². The summed E-state index contributed by atoms with van der Waals surface area (Å²) in [6, 6.07) is 3.34. The van der Waals surface area contributed by atoms with Gasteiger partial charge in [-0.1, -0.05) is 11.6 Å². The number of rotatable bonds is 5. The number of hydrogen-bond donors (Lipinski definition) is 4. The fourth-order valence-corrected chi connectivity index (χ4v) is 3.81. The third-order valence-electron chi connectivity index (χ3n) is 5.05. The third kappa shape index (κ3) is 5.49. The lowest BCUT2D eigenvalue weighted by molar-refractivity contribution is -0.137. The molecule has 8 nitrogen and oxygen atoms in total. The Morgan fingerprint density at radius 1 is 1.41 bits per heavy atom. The van der Waals surface area contributed by atoms with E-state index in [1.54, 1.807) is 6.92 Å². The molecule has 0 saturated carbocycles. The maximum absolute atomic E-state index is 13.0. The zero-order valence-electron chi connectivity index (χ0n) is 16.7. The van der Waals surface area contributed by atoms with E-state index in [4.69, 9.17) is 28.6 Å². The number of nitrogens with one attached hydrogen (secondary N) is 3. The topological polar surface area (TPSA) is 108 Å². The van der Waals surface area contributed by atoms with Crippen molar-refractivity contribution >= 4 is 34.6 Å². The maximum atomic E-state index is 13.0. The van der Waals surface area contributed by atoms with Crippen LogP contribution in [0.1, 0.15) is 23.8 Å². The number of alkyl halides is 3. The summed E-state index contributed by atoms with van der Waals surface area (Å²) in [5.41, 5.74) is -1.67. The van der Waals surface area contributed by atoms with Gasteiger partial charge in [-0.3, -0.25) is 14.3 Å². The normalized spacial score (nSPS) is 20.9. The number of anilines is 1. The molecule has 0 aliphatic carbocycles. The van der Waals surface area contributed by atoms with Crippen LogP contribution in [0.15, 0.2) is 34.0 Å². The summed E-state index contributed by atoms with van der Waals surface area (Å²) < 4.78 is 46.0. The summed E-state index contributed by atoms with van der Waals surface area (Å²) in [4.78, 5) is 25.9. The van der Waals surface area contributed by atoms with Crippen LogP contribution in [0, 0.1) is 12.8 Å². The number of H-pyrrole nitrogens is 1. The van der Waals surface area contributed by atoms with Gasteiger partial charge in [0.2, 0.25) is 0 Å². The van der Waals surface area contributed by atoms with Crippen LogP contribution in [-0.2, 0) is 10.9 Å². The van der Waals surface area contributed by atoms with Gasteiger partial charge in [-0.15, -0.1) is 0 Å². The van der Waals surface area contributed by atoms with Crippen molar-refractivity contribution in [2.75, 3.05) is 18.5 Å². The molecule has 3 rings (SSSR count). The highest BCUT2D eigenvalue weighted by Crippen LogP contribution is 2.36. The largest absolute Gasteiger partial charge is 0.417 e. The molecule has 0 unspecified atom stereocenters. The zero-order chi connectivity index (χ0) is 23.6. The SMILES string of the molecule is Cc1cn([C@H]2C[C@H](CNC(=S)Nc3ccc(Cl)c(C(F)(F)F)c3)[C@@H](CO)O2)c(=O)[nH]c1=O. The number of ether oxygens (including phenoxy) is 1. The molecule has 0 bridgehead atoms. The van der Waals surface area contributed by atoms with Crippen molar-refractivity contribution in [1.29, 1.82) is 0 Å². The minimum atomic E-state index is -4.60. The predicted octanol–water partition coefficient (Wildman–Crippen LogP) is 2.40. The van der Waals surface area contributed by atoms with Crippen molar-refractivity contribution < 1.29 is 23.0 Å².